The fourth-order valence-electron chi connectivity index (χ4n) is 8.09. The van der Waals surface area contributed by atoms with Gasteiger partial charge in [0.2, 0.25) is 0 Å². The van der Waals surface area contributed by atoms with Gasteiger partial charge in [0.25, 0.3) is 5.91 Å². The average molecular weight is 489 g/mol. The van der Waals surface area contributed by atoms with Crippen molar-refractivity contribution in [3.05, 3.63) is 11.6 Å². The minimum atomic E-state index is -1.38. The number of Topliss-reactive ketones (excluding diaryl/α,β-unsaturated/α-hetero) is 1. The molecule has 0 heterocycles. The Balaban J connectivity index is 1.40. The highest BCUT2D eigenvalue weighted by Gasteiger charge is 2.59. The fourth-order valence-corrected chi connectivity index (χ4v) is 8.09. The number of aliphatic carboxylic acids is 1. The maximum Gasteiger partial charge on any atom is 0.328 e. The second-order valence-corrected chi connectivity index (χ2v) is 11.8. The molecule has 4 aliphatic rings. The Bertz CT molecular complexity index is 942. The van der Waals surface area contributed by atoms with Crippen LogP contribution in [0.3, 0.4) is 0 Å². The van der Waals surface area contributed by atoms with E-state index in [1.165, 1.54) is 25.3 Å². The molecule has 8 heteroatoms. The SMILES string of the molecule is CC(=O)[C@@H]1CC[C@H]2[C@@H]3CCC4=CC(=NOCC(=O)N[C@H](C(=O)O)[C@@H](C)O)CC[C@]4(C)[C@H]3CC[C@]12C. The summed E-state index contributed by atoms with van der Waals surface area (Å²) in [6.45, 7) is 7.46. The molecule has 8 atom stereocenters. The minimum Gasteiger partial charge on any atom is -0.480 e. The molecule has 0 unspecified atom stereocenters. The van der Waals surface area contributed by atoms with Gasteiger partial charge >= 0.3 is 5.97 Å². The van der Waals surface area contributed by atoms with Crippen LogP contribution in [-0.4, -0.2) is 52.3 Å². The molecule has 0 radical (unpaired) electrons. The smallest absolute Gasteiger partial charge is 0.328 e. The number of oxime groups is 1. The Labute approximate surface area is 207 Å². The number of ketones is 1. The van der Waals surface area contributed by atoms with E-state index in [1.54, 1.807) is 6.92 Å². The lowest BCUT2D eigenvalue weighted by atomic mass is 9.46. The van der Waals surface area contributed by atoms with E-state index < -0.39 is 30.6 Å². The van der Waals surface area contributed by atoms with Gasteiger partial charge in [-0.25, -0.2) is 4.79 Å². The van der Waals surface area contributed by atoms with Crippen molar-refractivity contribution in [2.24, 2.45) is 39.7 Å². The lowest BCUT2D eigenvalue weighted by molar-refractivity contribution is -0.145. The molecule has 35 heavy (non-hydrogen) atoms. The molecule has 4 rings (SSSR count). The maximum atomic E-state index is 12.3. The van der Waals surface area contributed by atoms with Gasteiger partial charge in [-0.3, -0.25) is 9.59 Å². The molecule has 0 aromatic rings. The van der Waals surface area contributed by atoms with Gasteiger partial charge in [-0.15, -0.1) is 0 Å². The summed E-state index contributed by atoms with van der Waals surface area (Å²) in [7, 11) is 0. The molecule has 3 fully saturated rings. The fraction of sp³-hybridized carbons (Fsp3) is 0.778. The molecule has 0 saturated heterocycles. The summed E-state index contributed by atoms with van der Waals surface area (Å²) in [6.07, 6.45) is 9.42. The van der Waals surface area contributed by atoms with Crippen LogP contribution in [-0.2, 0) is 19.2 Å². The van der Waals surface area contributed by atoms with Crippen molar-refractivity contribution in [2.45, 2.75) is 91.2 Å². The largest absolute Gasteiger partial charge is 0.480 e. The van der Waals surface area contributed by atoms with Crippen LogP contribution in [0.1, 0.15) is 79.1 Å². The first-order valence-corrected chi connectivity index (χ1v) is 13.1. The molecule has 0 aliphatic heterocycles. The molecule has 0 aromatic carbocycles. The van der Waals surface area contributed by atoms with E-state index in [9.17, 15) is 19.5 Å². The Morgan fingerprint density at radius 2 is 1.89 bits per heavy atom. The molecule has 1 amide bonds. The van der Waals surface area contributed by atoms with Crippen LogP contribution in [0.4, 0.5) is 0 Å². The normalized spacial score (nSPS) is 38.9. The monoisotopic (exact) mass is 488 g/mol. The zero-order chi connectivity index (χ0) is 25.5. The maximum absolute atomic E-state index is 12.3. The molecule has 0 aromatic heterocycles. The molecular formula is C27H40N2O6. The number of aliphatic hydroxyl groups excluding tert-OH is 1. The van der Waals surface area contributed by atoms with Crippen molar-refractivity contribution in [3.63, 3.8) is 0 Å². The number of nitrogens with one attached hydrogen (secondary N) is 1. The number of aliphatic hydroxyl groups is 1. The van der Waals surface area contributed by atoms with Gasteiger partial charge < -0.3 is 20.4 Å². The number of carbonyl (C=O) groups excluding carboxylic acids is 2. The first-order valence-electron chi connectivity index (χ1n) is 13.1. The third-order valence-electron chi connectivity index (χ3n) is 9.91. The van der Waals surface area contributed by atoms with E-state index in [-0.39, 0.29) is 16.7 Å². The lowest BCUT2D eigenvalue weighted by Gasteiger charge is -2.58. The molecule has 3 saturated carbocycles. The lowest BCUT2D eigenvalue weighted by Crippen LogP contribution is -2.51. The van der Waals surface area contributed by atoms with Crippen molar-refractivity contribution >= 4 is 23.4 Å². The molecular weight excluding hydrogens is 448 g/mol. The van der Waals surface area contributed by atoms with Crippen molar-refractivity contribution < 1.29 is 29.4 Å². The summed E-state index contributed by atoms with van der Waals surface area (Å²) in [4.78, 5) is 40.7. The van der Waals surface area contributed by atoms with Gasteiger partial charge in [0, 0.05) is 5.92 Å². The molecule has 8 nitrogen and oxygen atoms in total. The zero-order valence-electron chi connectivity index (χ0n) is 21.4. The number of amides is 1. The Morgan fingerprint density at radius 3 is 2.54 bits per heavy atom. The highest BCUT2D eigenvalue weighted by molar-refractivity contribution is 5.96. The number of carboxylic acids is 1. The van der Waals surface area contributed by atoms with Gasteiger partial charge in [0.15, 0.2) is 12.6 Å². The van der Waals surface area contributed by atoms with Crippen LogP contribution in [0.15, 0.2) is 16.8 Å². The zero-order valence-corrected chi connectivity index (χ0v) is 21.4. The minimum absolute atomic E-state index is 0.140. The third-order valence-corrected chi connectivity index (χ3v) is 9.91. The summed E-state index contributed by atoms with van der Waals surface area (Å²) >= 11 is 0. The summed E-state index contributed by atoms with van der Waals surface area (Å²) < 4.78 is 0. The molecule has 4 aliphatic carbocycles. The van der Waals surface area contributed by atoms with Crippen LogP contribution in [0.2, 0.25) is 0 Å². The number of allylic oxidation sites excluding steroid dienone is 2. The number of carboxylic acid groups (broad SMARTS) is 1. The van der Waals surface area contributed by atoms with E-state index in [0.29, 0.717) is 23.5 Å². The number of carbonyl (C=O) groups is 3. The van der Waals surface area contributed by atoms with E-state index in [2.05, 4.69) is 30.4 Å². The quantitative estimate of drug-likeness (QED) is 0.471. The predicted octanol–water partition coefficient (Wildman–Crippen LogP) is 3.48. The van der Waals surface area contributed by atoms with Gasteiger partial charge in [-0.05, 0) is 99.9 Å². The number of hydrogen-bond acceptors (Lipinski definition) is 6. The van der Waals surface area contributed by atoms with Crippen LogP contribution >= 0.6 is 0 Å². The van der Waals surface area contributed by atoms with Crippen LogP contribution in [0.5, 0.6) is 0 Å². The Morgan fingerprint density at radius 1 is 1.14 bits per heavy atom. The first-order chi connectivity index (χ1) is 16.5. The van der Waals surface area contributed by atoms with Gasteiger partial charge in [0.1, 0.15) is 5.78 Å². The Kier molecular flexibility index (Phi) is 7.15. The second kappa shape index (κ2) is 9.68. The number of rotatable bonds is 7. The molecule has 194 valence electrons. The predicted molar refractivity (Wildman–Crippen MR) is 131 cm³/mol. The van der Waals surface area contributed by atoms with Crippen molar-refractivity contribution in [3.8, 4) is 0 Å². The topological polar surface area (TPSA) is 125 Å². The van der Waals surface area contributed by atoms with Gasteiger partial charge in [-0.1, -0.05) is 24.6 Å². The second-order valence-electron chi connectivity index (χ2n) is 11.8. The van der Waals surface area contributed by atoms with Crippen LogP contribution in [0.25, 0.3) is 0 Å². The van der Waals surface area contributed by atoms with E-state index in [1.807, 2.05) is 0 Å². The summed E-state index contributed by atoms with van der Waals surface area (Å²) in [6, 6.07) is -1.38. The van der Waals surface area contributed by atoms with E-state index in [0.717, 1.165) is 44.2 Å². The standard InChI is InChI=1S/C27H40N2O6/c1-15(30)20-7-8-21-19-6-5-17-13-18(9-11-26(17,3)22(19)10-12-27(20,21)4)29-35-14-23(32)28-24(16(2)31)25(33)34/h13,16,19-22,24,31H,5-12,14H2,1-4H3,(H,28,32)(H,33,34)/t16-,19+,20+,21+,22+,24+,26+,27-/m1/s1. The summed E-state index contributed by atoms with van der Waals surface area (Å²) in [5.74, 6) is 0.604. The Hall–Kier alpha value is -2.22. The highest BCUT2D eigenvalue weighted by atomic mass is 16.6. The molecule has 0 bridgehead atoms. The number of hydrogen-bond donors (Lipinski definition) is 3. The van der Waals surface area contributed by atoms with Crippen LogP contribution in [0, 0.1) is 34.5 Å². The number of fused-ring (bicyclic) bond motifs is 5. The highest BCUT2D eigenvalue weighted by Crippen LogP contribution is 2.66. The van der Waals surface area contributed by atoms with E-state index in [4.69, 9.17) is 9.94 Å². The van der Waals surface area contributed by atoms with E-state index >= 15 is 0 Å². The van der Waals surface area contributed by atoms with Gasteiger partial charge in [0.05, 0.1) is 11.8 Å². The number of nitrogens with zero attached hydrogens (tertiary/aromatic N) is 1. The third kappa shape index (κ3) is 4.66. The van der Waals surface area contributed by atoms with Crippen molar-refractivity contribution in [2.75, 3.05) is 6.61 Å². The first kappa shape index (κ1) is 25.9. The summed E-state index contributed by atoms with van der Waals surface area (Å²) in [5.41, 5.74) is 2.53. The van der Waals surface area contributed by atoms with Crippen LogP contribution < -0.4 is 5.32 Å². The van der Waals surface area contributed by atoms with Crippen molar-refractivity contribution in [1.82, 2.24) is 5.32 Å². The average Bonchev–Trinajstić information content (AvgIpc) is 3.14. The summed E-state index contributed by atoms with van der Waals surface area (Å²) in [5, 5.41) is 25.0. The molecule has 3 N–H and O–H groups in total. The molecule has 0 spiro atoms. The van der Waals surface area contributed by atoms with Crippen molar-refractivity contribution in [1.29, 1.82) is 0 Å². The van der Waals surface area contributed by atoms with Gasteiger partial charge in [-0.2, -0.15) is 0 Å².